The van der Waals surface area contributed by atoms with Crippen LogP contribution in [0.5, 0.6) is 0 Å². The topological polar surface area (TPSA) is 135 Å². The molecule has 15 heteroatoms. The molecule has 0 unspecified atom stereocenters. The Labute approximate surface area is 399 Å². The Balaban J connectivity index is 0.000000418. The lowest BCUT2D eigenvalue weighted by atomic mass is 10.2. The van der Waals surface area contributed by atoms with E-state index in [0.29, 0.717) is 48.4 Å². The number of halogens is 3. The van der Waals surface area contributed by atoms with Gasteiger partial charge in [0.2, 0.25) is 49.3 Å². The molecule has 0 saturated carbocycles. The highest BCUT2D eigenvalue weighted by molar-refractivity contribution is 5.96. The fraction of sp³-hybridized carbons (Fsp3) is 0.0833. The van der Waals surface area contributed by atoms with E-state index in [1.807, 2.05) is 141 Å². The lowest BCUT2D eigenvalue weighted by molar-refractivity contribution is -0.683. The van der Waals surface area contributed by atoms with Gasteiger partial charge in [-0.2, -0.15) is 18.3 Å². The molecule has 0 amide bonds. The second-order valence-corrected chi connectivity index (χ2v) is 12.9. The third-order valence-corrected chi connectivity index (χ3v) is 8.35. The average molecular weight is 1040 g/mol. The smallest absolute Gasteiger partial charge is 0.229 e. The van der Waals surface area contributed by atoms with Crippen molar-refractivity contribution in [3.05, 3.63) is 243 Å². The molecule has 0 spiro atoms. The van der Waals surface area contributed by atoms with Crippen LogP contribution in [0.1, 0.15) is 42.9 Å². The third kappa shape index (κ3) is 19.7. The zero-order valence-electron chi connectivity index (χ0n) is 35.0. The molecule has 0 aliphatic carbocycles. The molecule has 8 aromatic heterocycles. The summed E-state index contributed by atoms with van der Waals surface area (Å²) in [5, 5.41) is 0. The van der Waals surface area contributed by atoms with Gasteiger partial charge in [-0.1, -0.05) is 24.3 Å². The molecule has 8 aromatic rings. The molecular weight excluding hydrogens is 992 g/mol. The lowest BCUT2D eigenvalue weighted by Gasteiger charge is -1.96. The van der Waals surface area contributed by atoms with Gasteiger partial charge in [0.25, 0.3) is 0 Å². The van der Waals surface area contributed by atoms with E-state index < -0.39 is 0 Å². The minimum Gasteiger partial charge on any atom is -1.00 e. The maximum absolute atomic E-state index is 11.8. The number of hydrogen-bond donors (Lipinski definition) is 0. The molecule has 0 bridgehead atoms. The van der Waals surface area contributed by atoms with Crippen molar-refractivity contribution in [3.63, 3.8) is 0 Å². The molecule has 12 nitrogen and oxygen atoms in total. The van der Waals surface area contributed by atoms with Gasteiger partial charge < -0.3 is 52.4 Å². The van der Waals surface area contributed by atoms with Crippen LogP contribution in [0.2, 0.25) is 0 Å². The van der Waals surface area contributed by atoms with Crippen LogP contribution in [0.15, 0.2) is 220 Å². The highest BCUT2D eigenvalue weighted by atomic mass is 79.9. The molecule has 63 heavy (non-hydrogen) atoms. The predicted octanol–water partition coefficient (Wildman–Crippen LogP) is -3.87. The van der Waals surface area contributed by atoms with Crippen LogP contribution < -0.4 is 69.2 Å². The fourth-order valence-corrected chi connectivity index (χ4v) is 5.30. The molecule has 0 radical (unpaired) electrons. The average Bonchev–Trinajstić information content (AvgIpc) is 3.32. The van der Waals surface area contributed by atoms with Gasteiger partial charge in [-0.25, -0.2) is 0 Å². The first-order chi connectivity index (χ1) is 29.4. The molecule has 0 aromatic carbocycles. The van der Waals surface area contributed by atoms with Crippen molar-refractivity contribution in [1.29, 1.82) is 0 Å². The number of rotatable bonds is 12. The van der Waals surface area contributed by atoms with Crippen molar-refractivity contribution in [3.8, 4) is 0 Å². The van der Waals surface area contributed by atoms with E-state index in [0.717, 1.165) is 0 Å². The number of nitrogens with zero attached hydrogens (tertiary/aromatic N) is 8. The van der Waals surface area contributed by atoms with E-state index in [2.05, 4.69) is 19.9 Å². The number of pyridine rings is 8. The summed E-state index contributed by atoms with van der Waals surface area (Å²) in [6, 6.07) is 37.1. The van der Waals surface area contributed by atoms with Crippen molar-refractivity contribution >= 4 is 23.1 Å². The Bertz CT molecular complexity index is 2140. The van der Waals surface area contributed by atoms with Crippen LogP contribution in [0.25, 0.3) is 0 Å². The summed E-state index contributed by atoms with van der Waals surface area (Å²) in [4.78, 5) is 62.7. The lowest BCUT2D eigenvalue weighted by Crippen LogP contribution is -3.00. The zero-order chi connectivity index (χ0) is 42.0. The minimum atomic E-state index is 0. The quantitative estimate of drug-likeness (QED) is 0.0898. The molecule has 0 N–H and O–H groups in total. The van der Waals surface area contributed by atoms with E-state index in [9.17, 15) is 19.2 Å². The van der Waals surface area contributed by atoms with Gasteiger partial charge >= 0.3 is 0 Å². The van der Waals surface area contributed by atoms with Crippen LogP contribution in [0, 0.1) is 0 Å². The van der Waals surface area contributed by atoms with Crippen molar-refractivity contribution in [2.75, 3.05) is 0 Å². The number of carbonyl (C=O) groups excluding carboxylic acids is 4. The van der Waals surface area contributed by atoms with E-state index in [4.69, 9.17) is 0 Å². The summed E-state index contributed by atoms with van der Waals surface area (Å²) in [5.41, 5.74) is 2.59. The van der Waals surface area contributed by atoms with Gasteiger partial charge in [0.15, 0.2) is 49.6 Å². The molecule has 0 aliphatic heterocycles. The second-order valence-electron chi connectivity index (χ2n) is 12.9. The highest BCUT2D eigenvalue weighted by Crippen LogP contribution is 2.00. The molecule has 0 aliphatic rings. The van der Waals surface area contributed by atoms with E-state index in [1.54, 1.807) is 98.1 Å². The molecule has 8 heterocycles. The summed E-state index contributed by atoms with van der Waals surface area (Å²) in [5.74, 6) is 0.275. The standard InChI is InChI=1S/4C12H11N2O.3BrH.H/c4*15-12(11-5-4-6-13-9-11)10-14-7-2-1-3-8-14;;;;/h4*1-9H,10H2;3*1H;/q4*+1;;;;-1/p-3. The van der Waals surface area contributed by atoms with Crippen LogP contribution in [0.4, 0.5) is 0 Å². The Morgan fingerprint density at radius 2 is 0.508 bits per heavy atom. The molecule has 0 saturated heterocycles. The van der Waals surface area contributed by atoms with Gasteiger partial charge in [-0.15, -0.1) is 0 Å². The fourth-order valence-electron chi connectivity index (χ4n) is 5.30. The first-order valence-corrected chi connectivity index (χ1v) is 18.9. The third-order valence-electron chi connectivity index (χ3n) is 8.35. The number of hydrogen-bond acceptors (Lipinski definition) is 8. The largest absolute Gasteiger partial charge is 1.00 e. The van der Waals surface area contributed by atoms with Crippen molar-refractivity contribution in [2.24, 2.45) is 0 Å². The predicted molar refractivity (Wildman–Crippen MR) is 222 cm³/mol. The minimum absolute atomic E-state index is 0. The molecule has 0 fully saturated rings. The van der Waals surface area contributed by atoms with Crippen molar-refractivity contribution in [1.82, 2.24) is 19.9 Å². The summed E-state index contributed by atoms with van der Waals surface area (Å²) in [6.45, 7) is 1.41. The number of aromatic nitrogens is 8. The zero-order valence-corrected chi connectivity index (χ0v) is 38.7. The van der Waals surface area contributed by atoms with Crippen LogP contribution in [-0.4, -0.2) is 43.1 Å². The highest BCUT2D eigenvalue weighted by Gasteiger charge is 2.13. The number of ketones is 4. The Hall–Kier alpha value is -6.68. The summed E-state index contributed by atoms with van der Waals surface area (Å²) in [7, 11) is 0. The van der Waals surface area contributed by atoms with Crippen molar-refractivity contribution in [2.45, 2.75) is 26.2 Å². The summed E-state index contributed by atoms with van der Waals surface area (Å²) < 4.78 is 7.37. The van der Waals surface area contributed by atoms with Gasteiger partial charge in [0, 0.05) is 120 Å². The SMILES string of the molecule is O=C(C[n+]1ccccc1)c1cccnc1.O=C(C[n+]1ccccc1)c1cccnc1.O=C(C[n+]1ccccc1)c1cccnc1.O=C(C[n+]1ccccc1)c1cccnc1.[Br-].[Br-].[Br-].[H-]. The van der Waals surface area contributed by atoms with Gasteiger partial charge in [-0.3, -0.25) is 39.1 Å². The Morgan fingerprint density at radius 3 is 0.667 bits per heavy atom. The van der Waals surface area contributed by atoms with Gasteiger partial charge in [-0.05, 0) is 48.5 Å². The van der Waals surface area contributed by atoms with E-state index >= 15 is 0 Å². The maximum atomic E-state index is 11.8. The maximum Gasteiger partial charge on any atom is 0.229 e. The van der Waals surface area contributed by atoms with Gasteiger partial charge in [0.1, 0.15) is 0 Å². The van der Waals surface area contributed by atoms with Crippen molar-refractivity contribution < 1.29 is 89.8 Å². The van der Waals surface area contributed by atoms with E-state index in [-0.39, 0.29) is 75.5 Å². The first-order valence-electron chi connectivity index (χ1n) is 18.9. The molecule has 8 rings (SSSR count). The number of Topliss-reactive ketones (excluding diaryl/α,β-unsaturated/α-hetero) is 4. The first kappa shape index (κ1) is 52.5. The Kier molecular flexibility index (Phi) is 25.3. The normalized spacial score (nSPS) is 9.40. The monoisotopic (exact) mass is 1030 g/mol. The van der Waals surface area contributed by atoms with Crippen LogP contribution in [0.3, 0.4) is 0 Å². The number of carbonyl (C=O) groups is 4. The molecule has 0 atom stereocenters. The summed E-state index contributed by atoms with van der Waals surface area (Å²) in [6.07, 6.45) is 27.9. The van der Waals surface area contributed by atoms with Crippen LogP contribution in [-0.2, 0) is 26.2 Å². The Morgan fingerprint density at radius 1 is 0.317 bits per heavy atom. The second kappa shape index (κ2) is 30.4. The molecule has 322 valence electrons. The van der Waals surface area contributed by atoms with E-state index in [1.165, 1.54) is 0 Å². The van der Waals surface area contributed by atoms with Crippen LogP contribution >= 0.6 is 0 Å². The summed E-state index contributed by atoms with van der Waals surface area (Å²) >= 11 is 0. The molecular formula is C48H45Br3N8O4. The van der Waals surface area contributed by atoms with Gasteiger partial charge in [0.05, 0.1) is 0 Å².